The van der Waals surface area contributed by atoms with Crippen molar-refractivity contribution in [2.45, 2.75) is 19.1 Å². The number of amides is 2. The Bertz CT molecular complexity index is 1440. The summed E-state index contributed by atoms with van der Waals surface area (Å²) in [5.41, 5.74) is 1.45. The number of esters is 1. The van der Waals surface area contributed by atoms with Gasteiger partial charge in [0.05, 0.1) is 51.1 Å². The summed E-state index contributed by atoms with van der Waals surface area (Å²) in [5, 5.41) is 31.1. The SMILES string of the molecule is COC(=O)C1=COC(O)C2C(COCCN(C)C(=O)COCCOCCNC(=O)COc3cc(O)ccc3N=Nc3ccccc3)CCC12. The van der Waals surface area contributed by atoms with Crippen LogP contribution in [0.2, 0.25) is 0 Å². The Kier molecular flexibility index (Phi) is 14.8. The summed E-state index contributed by atoms with van der Waals surface area (Å²) in [7, 11) is 2.98. The van der Waals surface area contributed by atoms with Crippen molar-refractivity contribution in [1.82, 2.24) is 10.2 Å². The Labute approximate surface area is 284 Å². The molecule has 2 amide bonds. The minimum absolute atomic E-state index is 0.0144. The van der Waals surface area contributed by atoms with E-state index in [0.717, 1.165) is 12.8 Å². The molecule has 3 N–H and O–H groups in total. The lowest BCUT2D eigenvalue weighted by molar-refractivity contribution is -0.147. The molecule has 266 valence electrons. The molecule has 0 saturated heterocycles. The van der Waals surface area contributed by atoms with Crippen molar-refractivity contribution in [2.24, 2.45) is 28.0 Å². The molecule has 1 heterocycles. The highest BCUT2D eigenvalue weighted by Crippen LogP contribution is 2.46. The van der Waals surface area contributed by atoms with Gasteiger partial charge in [0, 0.05) is 44.6 Å². The van der Waals surface area contributed by atoms with Crippen molar-refractivity contribution in [3.8, 4) is 11.5 Å². The van der Waals surface area contributed by atoms with Crippen LogP contribution in [0.3, 0.4) is 0 Å². The summed E-state index contributed by atoms with van der Waals surface area (Å²) in [5.74, 6) is -1.24. The molecular weight excluding hydrogens is 640 g/mol. The average molecular weight is 685 g/mol. The topological polar surface area (TPSA) is 187 Å². The summed E-state index contributed by atoms with van der Waals surface area (Å²) >= 11 is 0. The Morgan fingerprint density at radius 2 is 1.78 bits per heavy atom. The number of rotatable bonds is 19. The number of benzene rings is 2. The largest absolute Gasteiger partial charge is 0.508 e. The lowest BCUT2D eigenvalue weighted by atomic mass is 9.83. The molecule has 2 aromatic rings. The highest BCUT2D eigenvalue weighted by molar-refractivity contribution is 5.89. The predicted octanol–water partition coefficient (Wildman–Crippen LogP) is 2.86. The number of aliphatic hydroxyl groups excluding tert-OH is 1. The van der Waals surface area contributed by atoms with Gasteiger partial charge < -0.3 is 48.9 Å². The summed E-state index contributed by atoms with van der Waals surface area (Å²) in [6, 6.07) is 13.5. The third kappa shape index (κ3) is 11.5. The van der Waals surface area contributed by atoms with Gasteiger partial charge in [-0.25, -0.2) is 4.79 Å². The highest BCUT2D eigenvalue weighted by atomic mass is 16.6. The standard InChI is InChI=1S/C34H44N4O11/c1-38(13-15-46-19-23-8-10-26-27(33(42)44-2)20-49-34(43)32(23)26)31(41)22-47-17-16-45-14-12-35-30(40)21-48-29-18-25(39)9-11-28(29)37-36-24-6-4-3-5-7-24/h3-7,9,11,18,20,23,26,32,34,39,43H,8,10,12-17,19,21-22H2,1-2H3,(H,35,40). The van der Waals surface area contributed by atoms with Gasteiger partial charge in [0.1, 0.15) is 18.0 Å². The first-order valence-corrected chi connectivity index (χ1v) is 16.0. The van der Waals surface area contributed by atoms with E-state index in [0.29, 0.717) is 36.7 Å². The Balaban J connectivity index is 1.02. The van der Waals surface area contributed by atoms with Gasteiger partial charge in [-0.3, -0.25) is 9.59 Å². The van der Waals surface area contributed by atoms with Gasteiger partial charge in [0.15, 0.2) is 18.6 Å². The minimum Gasteiger partial charge on any atom is -0.508 e. The predicted molar refractivity (Wildman–Crippen MR) is 174 cm³/mol. The summed E-state index contributed by atoms with van der Waals surface area (Å²) in [6.45, 7) is 1.53. The normalized spacial score (nSPS) is 19.9. The second kappa shape index (κ2) is 19.4. The Hall–Kier alpha value is -4.57. The lowest BCUT2D eigenvalue weighted by Gasteiger charge is -2.33. The number of phenols is 1. The number of carbonyl (C=O) groups excluding carboxylic acids is 3. The zero-order valence-corrected chi connectivity index (χ0v) is 27.7. The molecule has 0 bridgehead atoms. The first-order valence-electron chi connectivity index (χ1n) is 16.0. The first kappa shape index (κ1) is 37.3. The van der Waals surface area contributed by atoms with Crippen LogP contribution in [0.25, 0.3) is 0 Å². The number of likely N-dealkylation sites (N-methyl/N-ethyl adjacent to an activating group) is 1. The molecule has 15 nitrogen and oxygen atoms in total. The third-order valence-electron chi connectivity index (χ3n) is 8.17. The van der Waals surface area contributed by atoms with Gasteiger partial charge in [-0.15, -0.1) is 5.11 Å². The van der Waals surface area contributed by atoms with Crippen LogP contribution >= 0.6 is 0 Å². The highest BCUT2D eigenvalue weighted by Gasteiger charge is 2.47. The Morgan fingerprint density at radius 1 is 0.980 bits per heavy atom. The van der Waals surface area contributed by atoms with Crippen molar-refractivity contribution in [1.29, 1.82) is 0 Å². The molecule has 1 saturated carbocycles. The van der Waals surface area contributed by atoms with Crippen molar-refractivity contribution in [3.63, 3.8) is 0 Å². The van der Waals surface area contributed by atoms with Crippen LogP contribution < -0.4 is 10.1 Å². The molecule has 1 aliphatic heterocycles. The molecule has 4 unspecified atom stereocenters. The fourth-order valence-corrected chi connectivity index (χ4v) is 5.55. The number of ether oxygens (including phenoxy) is 6. The second-order valence-corrected chi connectivity index (χ2v) is 11.5. The number of aliphatic hydroxyl groups is 1. The molecule has 2 aliphatic rings. The number of aromatic hydroxyl groups is 1. The fraction of sp³-hybridized carbons (Fsp3) is 0.500. The van der Waals surface area contributed by atoms with Crippen LogP contribution in [-0.4, -0.2) is 113 Å². The molecule has 4 rings (SSSR count). The molecule has 0 radical (unpaired) electrons. The number of hydrogen-bond acceptors (Lipinski definition) is 13. The summed E-state index contributed by atoms with van der Waals surface area (Å²) < 4.78 is 32.4. The van der Waals surface area contributed by atoms with Gasteiger partial charge in [0.2, 0.25) is 5.91 Å². The maximum Gasteiger partial charge on any atom is 0.337 e. The number of methoxy groups -OCH3 is 1. The molecular formula is C34H44N4O11. The average Bonchev–Trinajstić information content (AvgIpc) is 3.54. The maximum atomic E-state index is 12.4. The monoisotopic (exact) mass is 684 g/mol. The van der Waals surface area contributed by atoms with Gasteiger partial charge >= 0.3 is 5.97 Å². The van der Waals surface area contributed by atoms with E-state index in [4.69, 9.17) is 28.4 Å². The van der Waals surface area contributed by atoms with E-state index in [2.05, 4.69) is 15.5 Å². The van der Waals surface area contributed by atoms with Crippen molar-refractivity contribution in [3.05, 3.63) is 60.4 Å². The van der Waals surface area contributed by atoms with Crippen LogP contribution in [0.1, 0.15) is 12.8 Å². The fourth-order valence-electron chi connectivity index (χ4n) is 5.55. The zero-order chi connectivity index (χ0) is 35.0. The number of azo groups is 1. The van der Waals surface area contributed by atoms with E-state index in [-0.39, 0.29) is 80.6 Å². The van der Waals surface area contributed by atoms with E-state index in [1.54, 1.807) is 25.2 Å². The molecule has 2 aromatic carbocycles. The lowest BCUT2D eigenvalue weighted by Crippen LogP contribution is -2.38. The molecule has 4 atom stereocenters. The Morgan fingerprint density at radius 3 is 2.57 bits per heavy atom. The van der Waals surface area contributed by atoms with Gasteiger partial charge in [-0.1, -0.05) is 18.2 Å². The number of nitrogens with one attached hydrogen (secondary N) is 1. The van der Waals surface area contributed by atoms with E-state index in [1.807, 2.05) is 18.2 Å². The van der Waals surface area contributed by atoms with Crippen LogP contribution in [-0.2, 0) is 38.1 Å². The van der Waals surface area contributed by atoms with E-state index < -0.39 is 12.3 Å². The smallest absolute Gasteiger partial charge is 0.337 e. The molecule has 1 fully saturated rings. The molecule has 1 aliphatic carbocycles. The minimum atomic E-state index is -1.01. The van der Waals surface area contributed by atoms with Crippen molar-refractivity contribution in [2.75, 3.05) is 73.5 Å². The summed E-state index contributed by atoms with van der Waals surface area (Å²) in [6.07, 6.45) is 1.80. The van der Waals surface area contributed by atoms with Crippen LogP contribution in [0, 0.1) is 17.8 Å². The third-order valence-corrected chi connectivity index (χ3v) is 8.17. The molecule has 0 aromatic heterocycles. The van der Waals surface area contributed by atoms with Gasteiger partial charge in [-0.2, -0.15) is 5.11 Å². The van der Waals surface area contributed by atoms with Crippen molar-refractivity contribution < 1.29 is 53.0 Å². The molecule has 49 heavy (non-hydrogen) atoms. The van der Waals surface area contributed by atoms with Crippen LogP contribution in [0.4, 0.5) is 11.4 Å². The van der Waals surface area contributed by atoms with Gasteiger partial charge in [-0.05, 0) is 43.0 Å². The number of nitrogens with zero attached hydrogens (tertiary/aromatic N) is 3. The zero-order valence-electron chi connectivity index (χ0n) is 27.7. The number of fused-ring (bicyclic) bond motifs is 1. The number of carbonyl (C=O) groups is 3. The van der Waals surface area contributed by atoms with E-state index >= 15 is 0 Å². The first-order chi connectivity index (χ1) is 23.8. The quantitative estimate of drug-likeness (QED) is 0.112. The van der Waals surface area contributed by atoms with Crippen LogP contribution in [0.15, 0.2) is 70.6 Å². The summed E-state index contributed by atoms with van der Waals surface area (Å²) in [4.78, 5) is 38.2. The molecule has 15 heteroatoms. The van der Waals surface area contributed by atoms with E-state index in [1.165, 1.54) is 30.4 Å². The number of hydrogen-bond donors (Lipinski definition) is 3. The van der Waals surface area contributed by atoms with Crippen LogP contribution in [0.5, 0.6) is 11.5 Å². The van der Waals surface area contributed by atoms with Gasteiger partial charge in [0.25, 0.3) is 5.91 Å². The van der Waals surface area contributed by atoms with Crippen molar-refractivity contribution >= 4 is 29.2 Å². The van der Waals surface area contributed by atoms with E-state index in [9.17, 15) is 24.6 Å². The maximum absolute atomic E-state index is 12.4. The number of phenolic OH excluding ortho intramolecular Hbond substituents is 1. The second-order valence-electron chi connectivity index (χ2n) is 11.5. The molecule has 0 spiro atoms.